The van der Waals surface area contributed by atoms with Crippen molar-refractivity contribution in [2.24, 2.45) is 7.05 Å². The number of carbonyl (C=O) groups excluding carboxylic acids is 1. The minimum Gasteiger partial charge on any atom is -0.351 e. The van der Waals surface area contributed by atoms with Crippen LogP contribution in [0.3, 0.4) is 0 Å². The first-order chi connectivity index (χ1) is 13.1. The molecule has 0 aliphatic rings. The van der Waals surface area contributed by atoms with Gasteiger partial charge in [0.05, 0.1) is 6.54 Å². The van der Waals surface area contributed by atoms with Crippen LogP contribution >= 0.6 is 0 Å². The Kier molecular flexibility index (Phi) is 4.29. The third-order valence-corrected chi connectivity index (χ3v) is 4.32. The molecule has 2 N–H and O–H groups in total. The Hall–Kier alpha value is -3.68. The van der Waals surface area contributed by atoms with Gasteiger partial charge < -0.3 is 10.3 Å². The first kappa shape index (κ1) is 16.8. The molecular weight excluding hydrogens is 344 g/mol. The summed E-state index contributed by atoms with van der Waals surface area (Å²) >= 11 is 0. The fourth-order valence-electron chi connectivity index (χ4n) is 2.92. The van der Waals surface area contributed by atoms with Crippen LogP contribution in [0.15, 0.2) is 59.5 Å². The maximum absolute atomic E-state index is 12.3. The Bertz CT molecular complexity index is 1120. The van der Waals surface area contributed by atoms with Crippen LogP contribution in [-0.4, -0.2) is 36.8 Å². The normalized spacial score (nSPS) is 11.0. The Morgan fingerprint density at radius 3 is 2.78 bits per heavy atom. The molecule has 1 aromatic carbocycles. The summed E-state index contributed by atoms with van der Waals surface area (Å²) in [6, 6.07) is 14.9. The summed E-state index contributed by atoms with van der Waals surface area (Å²) in [5, 5.41) is 8.11. The number of aromatic nitrogens is 5. The molecule has 8 nitrogen and oxygen atoms in total. The fraction of sp³-hybridized carbons (Fsp3) is 0.158. The van der Waals surface area contributed by atoms with Gasteiger partial charge in [-0.1, -0.05) is 24.3 Å². The van der Waals surface area contributed by atoms with E-state index in [1.165, 1.54) is 9.25 Å². The van der Waals surface area contributed by atoms with E-state index in [0.29, 0.717) is 17.2 Å². The highest BCUT2D eigenvalue weighted by atomic mass is 16.2. The zero-order chi connectivity index (χ0) is 18.8. The van der Waals surface area contributed by atoms with Crippen LogP contribution in [0.5, 0.6) is 0 Å². The van der Waals surface area contributed by atoms with Gasteiger partial charge in [0, 0.05) is 30.7 Å². The van der Waals surface area contributed by atoms with Crippen LogP contribution in [0.25, 0.3) is 22.4 Å². The number of nitrogens with zero attached hydrogens (tertiary/aromatic N) is 4. The van der Waals surface area contributed by atoms with Gasteiger partial charge in [0.2, 0.25) is 0 Å². The number of fused-ring (bicyclic) bond motifs is 1. The second-order valence-electron chi connectivity index (χ2n) is 6.13. The highest BCUT2D eigenvalue weighted by Crippen LogP contribution is 2.14. The molecule has 0 fully saturated rings. The maximum atomic E-state index is 12.3. The number of pyridine rings is 1. The second-order valence-corrected chi connectivity index (χ2v) is 6.13. The molecule has 3 heterocycles. The lowest BCUT2D eigenvalue weighted by Gasteiger charge is -2.03. The Morgan fingerprint density at radius 1 is 1.19 bits per heavy atom. The Morgan fingerprint density at radius 2 is 2.00 bits per heavy atom. The van der Waals surface area contributed by atoms with Gasteiger partial charge in [-0.25, -0.2) is 9.48 Å². The minimum atomic E-state index is -0.254. The van der Waals surface area contributed by atoms with Crippen molar-refractivity contribution in [2.45, 2.75) is 6.54 Å². The summed E-state index contributed by atoms with van der Waals surface area (Å²) < 4.78 is 2.78. The van der Waals surface area contributed by atoms with Crippen molar-refractivity contribution in [1.82, 2.24) is 29.6 Å². The second kappa shape index (κ2) is 6.91. The van der Waals surface area contributed by atoms with Crippen molar-refractivity contribution >= 4 is 16.8 Å². The highest BCUT2D eigenvalue weighted by Gasteiger charge is 2.13. The van der Waals surface area contributed by atoms with Gasteiger partial charge in [0.15, 0.2) is 5.82 Å². The maximum Gasteiger partial charge on any atom is 0.346 e. The first-order valence-electron chi connectivity index (χ1n) is 8.54. The third-order valence-electron chi connectivity index (χ3n) is 4.32. The molecule has 4 rings (SSSR count). The minimum absolute atomic E-state index is 0.222. The fourth-order valence-corrected chi connectivity index (χ4v) is 2.92. The number of carbonyl (C=O) groups is 1. The summed E-state index contributed by atoms with van der Waals surface area (Å²) in [4.78, 5) is 32.0. The summed E-state index contributed by atoms with van der Waals surface area (Å²) in [6.07, 6.45) is 1.65. The van der Waals surface area contributed by atoms with Gasteiger partial charge in [0.25, 0.3) is 5.91 Å². The molecular formula is C19H18N6O2. The summed E-state index contributed by atoms with van der Waals surface area (Å²) in [5.74, 6) is 0.266. The van der Waals surface area contributed by atoms with Crippen LogP contribution in [0.2, 0.25) is 0 Å². The van der Waals surface area contributed by atoms with E-state index in [4.69, 9.17) is 0 Å². The van der Waals surface area contributed by atoms with Crippen molar-refractivity contribution in [3.63, 3.8) is 0 Å². The van der Waals surface area contributed by atoms with Crippen LogP contribution in [-0.2, 0) is 13.6 Å². The van der Waals surface area contributed by atoms with E-state index in [2.05, 4.69) is 20.4 Å². The molecule has 27 heavy (non-hydrogen) atoms. The summed E-state index contributed by atoms with van der Waals surface area (Å²) in [7, 11) is 1.65. The number of H-pyrrole nitrogens is 1. The van der Waals surface area contributed by atoms with Crippen molar-refractivity contribution in [3.8, 4) is 11.5 Å². The largest absolute Gasteiger partial charge is 0.351 e. The molecule has 0 radical (unpaired) electrons. The van der Waals surface area contributed by atoms with Gasteiger partial charge in [-0.3, -0.25) is 14.3 Å². The van der Waals surface area contributed by atoms with E-state index in [9.17, 15) is 9.59 Å². The molecule has 8 heteroatoms. The predicted octanol–water partition coefficient (Wildman–Crippen LogP) is 1.56. The number of benzene rings is 1. The average Bonchev–Trinajstić information content (AvgIpc) is 3.25. The lowest BCUT2D eigenvalue weighted by molar-refractivity contribution is 0.0947. The Labute approximate surface area is 154 Å². The number of hydrogen-bond acceptors (Lipinski definition) is 4. The molecule has 0 unspecified atom stereocenters. The SMILES string of the molecule is Cn1c(-c2ccccn2)nn(CCNC(=O)c2cc3ccccc3[nH]2)c1=O. The lowest BCUT2D eigenvalue weighted by Crippen LogP contribution is -2.31. The van der Waals surface area contributed by atoms with E-state index in [1.807, 2.05) is 30.3 Å². The van der Waals surface area contributed by atoms with Crippen molar-refractivity contribution in [2.75, 3.05) is 6.54 Å². The molecule has 0 bridgehead atoms. The zero-order valence-electron chi connectivity index (χ0n) is 14.7. The monoisotopic (exact) mass is 362 g/mol. The molecule has 0 atom stereocenters. The smallest absolute Gasteiger partial charge is 0.346 e. The van der Waals surface area contributed by atoms with E-state index < -0.39 is 0 Å². The molecule has 0 aliphatic heterocycles. The van der Waals surface area contributed by atoms with Crippen LogP contribution < -0.4 is 11.0 Å². The average molecular weight is 362 g/mol. The number of amides is 1. The molecule has 0 saturated heterocycles. The molecule has 136 valence electrons. The topological polar surface area (TPSA) is 97.6 Å². The van der Waals surface area contributed by atoms with Gasteiger partial charge >= 0.3 is 5.69 Å². The van der Waals surface area contributed by atoms with E-state index in [0.717, 1.165) is 10.9 Å². The van der Waals surface area contributed by atoms with Gasteiger partial charge in [0.1, 0.15) is 11.4 Å². The standard InChI is InChI=1S/C19H18N6O2/c1-24-17(15-8-4-5-9-20-15)23-25(19(24)27)11-10-21-18(26)16-12-13-6-2-3-7-14(13)22-16/h2-9,12,22H,10-11H2,1H3,(H,21,26). The van der Waals surface area contributed by atoms with Gasteiger partial charge in [-0.05, 0) is 24.3 Å². The van der Waals surface area contributed by atoms with Crippen molar-refractivity contribution in [1.29, 1.82) is 0 Å². The molecule has 3 aromatic heterocycles. The highest BCUT2D eigenvalue weighted by molar-refractivity contribution is 5.97. The predicted molar refractivity (Wildman–Crippen MR) is 101 cm³/mol. The van der Waals surface area contributed by atoms with Crippen LogP contribution in [0, 0.1) is 0 Å². The Balaban J connectivity index is 1.45. The molecule has 0 aliphatic carbocycles. The number of nitrogens with one attached hydrogen (secondary N) is 2. The number of rotatable bonds is 5. The van der Waals surface area contributed by atoms with E-state index >= 15 is 0 Å². The quantitative estimate of drug-likeness (QED) is 0.563. The van der Waals surface area contributed by atoms with E-state index in [-0.39, 0.29) is 24.7 Å². The van der Waals surface area contributed by atoms with Crippen molar-refractivity contribution < 1.29 is 4.79 Å². The molecule has 1 amide bonds. The number of para-hydroxylation sites is 1. The first-order valence-corrected chi connectivity index (χ1v) is 8.54. The van der Waals surface area contributed by atoms with E-state index in [1.54, 1.807) is 31.4 Å². The lowest BCUT2D eigenvalue weighted by atomic mass is 10.2. The van der Waals surface area contributed by atoms with Crippen LogP contribution in [0.1, 0.15) is 10.5 Å². The van der Waals surface area contributed by atoms with Crippen LogP contribution in [0.4, 0.5) is 0 Å². The molecule has 4 aromatic rings. The third kappa shape index (κ3) is 3.24. The number of hydrogen-bond donors (Lipinski definition) is 2. The van der Waals surface area contributed by atoms with Crippen molar-refractivity contribution in [3.05, 3.63) is 70.9 Å². The molecule has 0 saturated carbocycles. The van der Waals surface area contributed by atoms with Gasteiger partial charge in [-0.15, -0.1) is 5.10 Å². The number of aromatic amines is 1. The zero-order valence-corrected chi connectivity index (χ0v) is 14.7. The summed E-state index contributed by atoms with van der Waals surface area (Å²) in [6.45, 7) is 0.554. The summed E-state index contributed by atoms with van der Waals surface area (Å²) in [5.41, 5.74) is 1.76. The van der Waals surface area contributed by atoms with Gasteiger partial charge in [-0.2, -0.15) is 0 Å². The molecule has 0 spiro atoms.